The Morgan fingerprint density at radius 2 is 1.96 bits per heavy atom. The number of aromatic nitrogens is 2. The van der Waals surface area contributed by atoms with Crippen molar-refractivity contribution in [1.82, 2.24) is 9.55 Å². The number of halogens is 1. The molecule has 3 aromatic rings. The first-order chi connectivity index (χ1) is 11.7. The maximum Gasteiger partial charge on any atom is 0.260 e. The Labute approximate surface area is 146 Å². The molecule has 0 radical (unpaired) electrons. The fourth-order valence-corrected chi connectivity index (χ4v) is 2.86. The third-order valence-electron chi connectivity index (χ3n) is 3.92. The molecule has 122 valence electrons. The van der Waals surface area contributed by atoms with Crippen LogP contribution in [0.15, 0.2) is 65.6 Å². The van der Waals surface area contributed by atoms with Crippen LogP contribution in [0.1, 0.15) is 19.8 Å². The summed E-state index contributed by atoms with van der Waals surface area (Å²) in [5, 5.41) is 1.62. The number of nitrogens with zero attached hydrogens (tertiary/aromatic N) is 2. The van der Waals surface area contributed by atoms with Crippen molar-refractivity contribution in [3.8, 4) is 11.1 Å². The first-order valence-corrected chi connectivity index (χ1v) is 8.48. The third-order valence-corrected chi connectivity index (χ3v) is 4.18. The van der Waals surface area contributed by atoms with Crippen molar-refractivity contribution >= 4 is 22.6 Å². The van der Waals surface area contributed by atoms with Crippen molar-refractivity contribution in [2.75, 3.05) is 0 Å². The fraction of sp³-hybridized carbons (Fsp3) is 0.200. The van der Waals surface area contributed by atoms with Gasteiger partial charge in [-0.2, -0.15) is 0 Å². The first-order valence-electron chi connectivity index (χ1n) is 8.10. The van der Waals surface area contributed by atoms with E-state index in [1.54, 1.807) is 22.9 Å². The molecule has 4 heteroatoms. The van der Waals surface area contributed by atoms with E-state index < -0.39 is 0 Å². The summed E-state index contributed by atoms with van der Waals surface area (Å²) in [4.78, 5) is 17.4. The highest BCUT2D eigenvalue weighted by Crippen LogP contribution is 2.22. The maximum absolute atomic E-state index is 13.0. The van der Waals surface area contributed by atoms with E-state index in [4.69, 9.17) is 11.6 Å². The van der Waals surface area contributed by atoms with Crippen molar-refractivity contribution in [3.05, 3.63) is 76.2 Å². The summed E-state index contributed by atoms with van der Waals surface area (Å²) in [7, 11) is 0. The number of benzene rings is 1. The number of aryl methyl sites for hydroxylation is 1. The molecule has 0 spiro atoms. The summed E-state index contributed by atoms with van der Waals surface area (Å²) in [6.45, 7) is 2.71. The van der Waals surface area contributed by atoms with E-state index in [1.807, 2.05) is 30.3 Å². The molecule has 0 fully saturated rings. The van der Waals surface area contributed by atoms with Crippen molar-refractivity contribution < 1.29 is 0 Å². The Kier molecular flexibility index (Phi) is 5.11. The Morgan fingerprint density at radius 1 is 1.17 bits per heavy atom. The van der Waals surface area contributed by atoms with Gasteiger partial charge in [0, 0.05) is 28.7 Å². The Morgan fingerprint density at radius 3 is 2.71 bits per heavy atom. The Bertz CT molecular complexity index is 927. The van der Waals surface area contributed by atoms with Crippen LogP contribution in [0.3, 0.4) is 0 Å². The molecule has 1 aromatic carbocycles. The molecule has 3 rings (SSSR count). The molecule has 0 N–H and O–H groups in total. The molecule has 24 heavy (non-hydrogen) atoms. The van der Waals surface area contributed by atoms with Gasteiger partial charge in [-0.3, -0.25) is 9.36 Å². The van der Waals surface area contributed by atoms with Crippen LogP contribution >= 0.6 is 11.6 Å². The standard InChI is InChI=1S/C20H19ClN2O/c1-2-3-4-5-13-23-19-16(7-6-12-22-19)14-18(20(23)24)15-8-10-17(21)11-9-15/h3-4,6-12,14H,2,5,13H2,1H3. The number of fused-ring (bicyclic) bond motifs is 1. The van der Waals surface area contributed by atoms with E-state index in [9.17, 15) is 4.79 Å². The maximum atomic E-state index is 13.0. The minimum atomic E-state index is -0.0200. The first kappa shape index (κ1) is 16.5. The summed E-state index contributed by atoms with van der Waals surface area (Å²) in [5.74, 6) is 0. The Balaban J connectivity index is 2.13. The molecular weight excluding hydrogens is 320 g/mol. The van der Waals surface area contributed by atoms with Crippen molar-refractivity contribution in [1.29, 1.82) is 0 Å². The lowest BCUT2D eigenvalue weighted by atomic mass is 10.1. The number of hydrogen-bond donors (Lipinski definition) is 0. The van der Waals surface area contributed by atoms with Gasteiger partial charge in [-0.25, -0.2) is 4.98 Å². The fourth-order valence-electron chi connectivity index (χ4n) is 2.74. The highest BCUT2D eigenvalue weighted by atomic mass is 35.5. The van der Waals surface area contributed by atoms with Crippen LogP contribution in [0.2, 0.25) is 5.02 Å². The topological polar surface area (TPSA) is 34.9 Å². The van der Waals surface area contributed by atoms with Crippen LogP contribution in [0, 0.1) is 0 Å². The normalized spacial score (nSPS) is 11.4. The minimum absolute atomic E-state index is 0.0200. The van der Waals surface area contributed by atoms with Crippen LogP contribution in [0.25, 0.3) is 22.2 Å². The zero-order chi connectivity index (χ0) is 16.9. The molecule has 0 aliphatic carbocycles. The van der Waals surface area contributed by atoms with Gasteiger partial charge in [0.25, 0.3) is 5.56 Å². The second kappa shape index (κ2) is 7.45. The predicted octanol–water partition coefficient (Wildman–Crippen LogP) is 5.07. The average molecular weight is 339 g/mol. The molecule has 0 aliphatic rings. The zero-order valence-electron chi connectivity index (χ0n) is 13.6. The van der Waals surface area contributed by atoms with Gasteiger partial charge >= 0.3 is 0 Å². The Hall–Kier alpha value is -2.39. The van der Waals surface area contributed by atoms with E-state index in [0.29, 0.717) is 17.1 Å². The molecule has 3 nitrogen and oxygen atoms in total. The quantitative estimate of drug-likeness (QED) is 0.608. The van der Waals surface area contributed by atoms with E-state index in [1.165, 1.54) is 0 Å². The molecule has 0 unspecified atom stereocenters. The lowest BCUT2D eigenvalue weighted by molar-refractivity contribution is 0.701. The second-order valence-electron chi connectivity index (χ2n) is 5.61. The summed E-state index contributed by atoms with van der Waals surface area (Å²) < 4.78 is 1.76. The summed E-state index contributed by atoms with van der Waals surface area (Å²) >= 11 is 5.96. The molecule has 0 atom stereocenters. The third kappa shape index (κ3) is 3.41. The number of hydrogen-bond acceptors (Lipinski definition) is 2. The van der Waals surface area contributed by atoms with E-state index in [0.717, 1.165) is 29.4 Å². The van der Waals surface area contributed by atoms with Crippen molar-refractivity contribution in [2.24, 2.45) is 0 Å². The van der Waals surface area contributed by atoms with E-state index in [2.05, 4.69) is 24.1 Å². The van der Waals surface area contributed by atoms with Crippen LogP contribution in [0.4, 0.5) is 0 Å². The predicted molar refractivity (Wildman–Crippen MR) is 100 cm³/mol. The van der Waals surface area contributed by atoms with Crippen LogP contribution in [-0.4, -0.2) is 9.55 Å². The summed E-state index contributed by atoms with van der Waals surface area (Å²) in [6, 6.07) is 13.1. The van der Waals surface area contributed by atoms with Crippen LogP contribution < -0.4 is 5.56 Å². The van der Waals surface area contributed by atoms with Crippen LogP contribution in [0.5, 0.6) is 0 Å². The van der Waals surface area contributed by atoms with Gasteiger partial charge in [-0.15, -0.1) is 0 Å². The summed E-state index contributed by atoms with van der Waals surface area (Å²) in [5.41, 5.74) is 2.25. The molecule has 0 bridgehead atoms. The van der Waals surface area contributed by atoms with Crippen molar-refractivity contribution in [2.45, 2.75) is 26.3 Å². The number of allylic oxidation sites excluding steroid dienone is 2. The van der Waals surface area contributed by atoms with Gasteiger partial charge in [0.1, 0.15) is 5.65 Å². The highest BCUT2D eigenvalue weighted by molar-refractivity contribution is 6.30. The van der Waals surface area contributed by atoms with Gasteiger partial charge in [-0.1, -0.05) is 42.8 Å². The summed E-state index contributed by atoms with van der Waals surface area (Å²) in [6.07, 6.45) is 7.75. The SMILES string of the molecule is CCC=CCCn1c(=O)c(-c2ccc(Cl)cc2)cc2cccnc21. The largest absolute Gasteiger partial charge is 0.292 e. The van der Waals surface area contributed by atoms with Gasteiger partial charge in [0.2, 0.25) is 0 Å². The van der Waals surface area contributed by atoms with Gasteiger partial charge in [-0.05, 0) is 48.7 Å². The molecule has 0 saturated heterocycles. The minimum Gasteiger partial charge on any atom is -0.292 e. The average Bonchev–Trinajstić information content (AvgIpc) is 2.61. The highest BCUT2D eigenvalue weighted by Gasteiger charge is 2.11. The lowest BCUT2D eigenvalue weighted by Gasteiger charge is -2.11. The second-order valence-corrected chi connectivity index (χ2v) is 6.04. The molecular formula is C20H19ClN2O. The number of pyridine rings is 2. The lowest BCUT2D eigenvalue weighted by Crippen LogP contribution is -2.22. The van der Waals surface area contributed by atoms with E-state index >= 15 is 0 Å². The van der Waals surface area contributed by atoms with Gasteiger partial charge in [0.05, 0.1) is 0 Å². The van der Waals surface area contributed by atoms with Crippen molar-refractivity contribution in [3.63, 3.8) is 0 Å². The smallest absolute Gasteiger partial charge is 0.260 e. The zero-order valence-corrected chi connectivity index (χ0v) is 14.3. The van der Waals surface area contributed by atoms with E-state index in [-0.39, 0.29) is 5.56 Å². The molecule has 0 amide bonds. The van der Waals surface area contributed by atoms with Gasteiger partial charge < -0.3 is 0 Å². The van der Waals surface area contributed by atoms with Gasteiger partial charge in [0.15, 0.2) is 0 Å². The molecule has 0 saturated carbocycles. The number of rotatable bonds is 5. The molecule has 2 heterocycles. The monoisotopic (exact) mass is 338 g/mol. The molecule has 2 aromatic heterocycles. The molecule has 0 aliphatic heterocycles. The van der Waals surface area contributed by atoms with Crippen LogP contribution in [-0.2, 0) is 6.54 Å².